The maximum absolute atomic E-state index is 11.4. The van der Waals surface area contributed by atoms with Crippen LogP contribution in [-0.4, -0.2) is 25.3 Å². The van der Waals surface area contributed by atoms with Crippen molar-refractivity contribution in [1.29, 1.82) is 5.26 Å². The monoisotopic (exact) mass is 359 g/mol. The third-order valence-corrected chi connectivity index (χ3v) is 4.31. The number of nitrogens with zero attached hydrogens (tertiary/aromatic N) is 1. The minimum absolute atomic E-state index is 0.429. The fraction of sp³-hybridized carbons (Fsp3) is 0.263. The van der Waals surface area contributed by atoms with Crippen LogP contribution in [0.1, 0.15) is 35.4 Å². The van der Waals surface area contributed by atoms with Crippen molar-refractivity contribution in [2.24, 2.45) is 0 Å². The largest absolute Gasteiger partial charge is 0.493 e. The van der Waals surface area contributed by atoms with Crippen molar-refractivity contribution in [2.45, 2.75) is 18.8 Å². The van der Waals surface area contributed by atoms with Crippen molar-refractivity contribution >= 4 is 17.6 Å². The van der Waals surface area contributed by atoms with E-state index in [4.69, 9.17) is 21.1 Å². The summed E-state index contributed by atoms with van der Waals surface area (Å²) >= 11 is 6.11. The summed E-state index contributed by atoms with van der Waals surface area (Å²) in [5.74, 6) is -1.57. The zero-order valence-corrected chi connectivity index (χ0v) is 14.9. The molecule has 0 saturated heterocycles. The number of aliphatic carboxylic acids is 1. The van der Waals surface area contributed by atoms with Gasteiger partial charge in [0.05, 0.1) is 26.2 Å². The van der Waals surface area contributed by atoms with E-state index in [1.807, 2.05) is 0 Å². The lowest BCUT2D eigenvalue weighted by molar-refractivity contribution is -0.138. The van der Waals surface area contributed by atoms with Crippen molar-refractivity contribution in [3.8, 4) is 17.6 Å². The maximum Gasteiger partial charge on any atom is 0.310 e. The Morgan fingerprint density at radius 2 is 1.88 bits per heavy atom. The predicted molar refractivity (Wildman–Crippen MR) is 94.5 cm³/mol. The summed E-state index contributed by atoms with van der Waals surface area (Å²) in [6, 6.07) is 12.4. The van der Waals surface area contributed by atoms with Gasteiger partial charge in [-0.15, -0.1) is 0 Å². The number of halogens is 1. The summed E-state index contributed by atoms with van der Waals surface area (Å²) in [6.07, 6.45) is 0. The normalized spacial score (nSPS) is 12.8. The van der Waals surface area contributed by atoms with E-state index in [1.165, 1.54) is 14.2 Å². The molecule has 2 aromatic rings. The molecule has 0 amide bonds. The Morgan fingerprint density at radius 1 is 1.16 bits per heavy atom. The van der Waals surface area contributed by atoms with Crippen molar-refractivity contribution in [1.82, 2.24) is 0 Å². The highest BCUT2D eigenvalue weighted by molar-refractivity contribution is 6.30. The Hall–Kier alpha value is -2.71. The van der Waals surface area contributed by atoms with Gasteiger partial charge in [-0.2, -0.15) is 5.26 Å². The number of carboxylic acids is 1. The first-order valence-electron chi connectivity index (χ1n) is 7.57. The second-order valence-electron chi connectivity index (χ2n) is 5.48. The number of nitriles is 1. The molecule has 0 aliphatic carbocycles. The van der Waals surface area contributed by atoms with Crippen LogP contribution in [0.2, 0.25) is 5.02 Å². The summed E-state index contributed by atoms with van der Waals surface area (Å²) in [5, 5.41) is 19.6. The Kier molecular flexibility index (Phi) is 5.89. The van der Waals surface area contributed by atoms with Crippen molar-refractivity contribution in [3.63, 3.8) is 0 Å². The van der Waals surface area contributed by atoms with Crippen LogP contribution in [0, 0.1) is 11.3 Å². The molecule has 25 heavy (non-hydrogen) atoms. The van der Waals surface area contributed by atoms with Gasteiger partial charge < -0.3 is 14.6 Å². The fourth-order valence-electron chi connectivity index (χ4n) is 2.77. The number of carboxylic acid groups (broad SMARTS) is 1. The number of hydrogen-bond acceptors (Lipinski definition) is 4. The summed E-state index contributed by atoms with van der Waals surface area (Å²) in [5.41, 5.74) is 1.66. The molecule has 0 aliphatic rings. The van der Waals surface area contributed by atoms with Gasteiger partial charge >= 0.3 is 5.97 Å². The second-order valence-corrected chi connectivity index (χ2v) is 5.91. The third kappa shape index (κ3) is 3.70. The van der Waals surface area contributed by atoms with Gasteiger partial charge in [0.2, 0.25) is 0 Å². The average Bonchev–Trinajstić information content (AvgIpc) is 2.61. The number of methoxy groups -OCH3 is 2. The van der Waals surface area contributed by atoms with E-state index >= 15 is 0 Å². The molecular formula is C19H18ClNO4. The van der Waals surface area contributed by atoms with Gasteiger partial charge in [0, 0.05) is 10.6 Å². The molecule has 0 fully saturated rings. The predicted octanol–water partition coefficient (Wildman–Crippen LogP) is 4.20. The van der Waals surface area contributed by atoms with Crippen LogP contribution in [0.3, 0.4) is 0 Å². The molecule has 2 atom stereocenters. The van der Waals surface area contributed by atoms with E-state index in [2.05, 4.69) is 6.07 Å². The lowest BCUT2D eigenvalue weighted by atomic mass is 9.84. The SMILES string of the molecule is COc1cccc(C(C#N)c2cc(Cl)ccc2C(C)C(=O)O)c1OC. The molecule has 0 radical (unpaired) electrons. The molecule has 0 spiro atoms. The summed E-state index contributed by atoms with van der Waals surface area (Å²) in [6.45, 7) is 1.58. The van der Waals surface area contributed by atoms with Crippen LogP contribution >= 0.6 is 11.6 Å². The molecule has 130 valence electrons. The van der Waals surface area contributed by atoms with Crippen LogP contribution in [0.15, 0.2) is 36.4 Å². The molecule has 2 unspecified atom stereocenters. The van der Waals surface area contributed by atoms with Gasteiger partial charge in [-0.3, -0.25) is 4.79 Å². The van der Waals surface area contributed by atoms with E-state index in [1.54, 1.807) is 43.3 Å². The van der Waals surface area contributed by atoms with E-state index in [9.17, 15) is 15.2 Å². The first kappa shape index (κ1) is 18.6. The van der Waals surface area contributed by atoms with E-state index < -0.39 is 17.8 Å². The van der Waals surface area contributed by atoms with Crippen molar-refractivity contribution in [3.05, 3.63) is 58.1 Å². The third-order valence-electron chi connectivity index (χ3n) is 4.07. The maximum atomic E-state index is 11.4. The summed E-state index contributed by atoms with van der Waals surface area (Å²) in [4.78, 5) is 11.4. The lowest BCUT2D eigenvalue weighted by Gasteiger charge is -2.20. The van der Waals surface area contributed by atoms with Crippen LogP contribution in [-0.2, 0) is 4.79 Å². The Morgan fingerprint density at radius 3 is 2.44 bits per heavy atom. The highest BCUT2D eigenvalue weighted by Gasteiger charge is 2.27. The average molecular weight is 360 g/mol. The molecular weight excluding hydrogens is 342 g/mol. The van der Waals surface area contributed by atoms with Gasteiger partial charge in [-0.1, -0.05) is 29.8 Å². The first-order valence-corrected chi connectivity index (χ1v) is 7.95. The Balaban J connectivity index is 2.70. The number of para-hydroxylation sites is 1. The number of carbonyl (C=O) groups is 1. The van der Waals surface area contributed by atoms with Gasteiger partial charge in [0.15, 0.2) is 11.5 Å². The lowest BCUT2D eigenvalue weighted by Crippen LogP contribution is -2.13. The van der Waals surface area contributed by atoms with Crippen LogP contribution in [0.4, 0.5) is 0 Å². The number of ether oxygens (including phenoxy) is 2. The van der Waals surface area contributed by atoms with Gasteiger partial charge in [0.25, 0.3) is 0 Å². The molecule has 0 saturated carbocycles. The molecule has 0 bridgehead atoms. The minimum Gasteiger partial charge on any atom is -0.493 e. The molecule has 6 heteroatoms. The second kappa shape index (κ2) is 7.91. The molecule has 0 aliphatic heterocycles. The van der Waals surface area contributed by atoms with Gasteiger partial charge in [-0.05, 0) is 36.2 Å². The quantitative estimate of drug-likeness (QED) is 0.836. The van der Waals surface area contributed by atoms with E-state index in [0.717, 1.165) is 0 Å². The van der Waals surface area contributed by atoms with E-state index in [-0.39, 0.29) is 0 Å². The molecule has 0 aromatic heterocycles. The molecule has 0 heterocycles. The number of hydrogen-bond donors (Lipinski definition) is 1. The Bertz CT molecular complexity index is 829. The molecule has 1 N–H and O–H groups in total. The van der Waals surface area contributed by atoms with Gasteiger partial charge in [0.1, 0.15) is 5.92 Å². The van der Waals surface area contributed by atoms with Crippen LogP contribution in [0.5, 0.6) is 11.5 Å². The zero-order valence-electron chi connectivity index (χ0n) is 14.1. The van der Waals surface area contributed by atoms with Gasteiger partial charge in [-0.25, -0.2) is 0 Å². The zero-order chi connectivity index (χ0) is 18.6. The first-order chi connectivity index (χ1) is 11.9. The van der Waals surface area contributed by atoms with Crippen LogP contribution < -0.4 is 9.47 Å². The highest BCUT2D eigenvalue weighted by atomic mass is 35.5. The smallest absolute Gasteiger partial charge is 0.310 e. The summed E-state index contributed by atoms with van der Waals surface area (Å²) in [7, 11) is 3.01. The number of benzene rings is 2. The molecule has 2 aromatic carbocycles. The van der Waals surface area contributed by atoms with Crippen molar-refractivity contribution < 1.29 is 19.4 Å². The standard InChI is InChI=1S/C19H18ClNO4/c1-11(19(22)23)13-8-7-12(20)9-15(13)16(10-21)14-5-4-6-17(24-2)18(14)25-3/h4-9,11,16H,1-3H3,(H,22,23). The van der Waals surface area contributed by atoms with E-state index in [0.29, 0.717) is 33.2 Å². The topological polar surface area (TPSA) is 79.5 Å². The molecule has 5 nitrogen and oxygen atoms in total. The summed E-state index contributed by atoms with van der Waals surface area (Å²) < 4.78 is 10.7. The number of rotatable bonds is 6. The van der Waals surface area contributed by atoms with Crippen molar-refractivity contribution in [2.75, 3.05) is 14.2 Å². The fourth-order valence-corrected chi connectivity index (χ4v) is 2.95. The Labute approximate surface area is 151 Å². The molecule has 2 rings (SSSR count). The minimum atomic E-state index is -0.974. The van der Waals surface area contributed by atoms with Crippen LogP contribution in [0.25, 0.3) is 0 Å². The highest BCUT2D eigenvalue weighted by Crippen LogP contribution is 2.40.